The molecule has 0 fully saturated rings. The first kappa shape index (κ1) is 56.8. The summed E-state index contributed by atoms with van der Waals surface area (Å²) in [5, 5.41) is 19.9. The fourth-order valence-corrected chi connectivity index (χ4v) is 15.4. The highest BCUT2D eigenvalue weighted by Crippen LogP contribution is 2.53. The van der Waals surface area contributed by atoms with E-state index in [1.165, 1.54) is 22.7 Å². The van der Waals surface area contributed by atoms with Crippen molar-refractivity contribution in [2.75, 3.05) is 26.2 Å². The van der Waals surface area contributed by atoms with Crippen molar-refractivity contribution < 1.29 is 19.2 Å². The van der Waals surface area contributed by atoms with Crippen LogP contribution in [-0.4, -0.2) is 69.4 Å². The lowest BCUT2D eigenvalue weighted by Crippen LogP contribution is -2.34. The van der Waals surface area contributed by atoms with E-state index in [0.717, 1.165) is 132 Å². The SMILES string of the molecule is CCCCC(CC)CN1C(=O)C2=C(c3ccc(-c4ccc(C5=C6C(=O)N(CC(CC)CCCC)C(c7ccc(C#N)s7)=C6C(=O)N5CC(CC)CCCC)s4)s3)N(CC(CC)CCCC)C(=O)C2=C1c1ccc(C#N)s1. The molecular weight excluding hydrogens is 1020 g/mol. The summed E-state index contributed by atoms with van der Waals surface area (Å²) in [6.45, 7) is 19.5. The van der Waals surface area contributed by atoms with Crippen LogP contribution in [0.5, 0.6) is 0 Å². The second kappa shape index (κ2) is 25.8. The third-order valence-electron chi connectivity index (χ3n) is 16.1. The molecule has 10 nitrogen and oxygen atoms in total. The van der Waals surface area contributed by atoms with Crippen LogP contribution in [0.1, 0.15) is 187 Å². The van der Waals surface area contributed by atoms with Gasteiger partial charge < -0.3 is 19.6 Å². The lowest BCUT2D eigenvalue weighted by atomic mass is 9.98. The van der Waals surface area contributed by atoms with Gasteiger partial charge in [0.05, 0.1) is 64.6 Å². The van der Waals surface area contributed by atoms with Crippen molar-refractivity contribution in [2.45, 2.75) is 158 Å². The molecular formula is C62H76N6O4S4. The Kier molecular flexibility index (Phi) is 19.3. The van der Waals surface area contributed by atoms with Crippen LogP contribution in [0.15, 0.2) is 70.8 Å². The Morgan fingerprint density at radius 1 is 0.368 bits per heavy atom. The van der Waals surface area contributed by atoms with Crippen LogP contribution in [0.2, 0.25) is 0 Å². The monoisotopic (exact) mass is 1100 g/mol. The fourth-order valence-electron chi connectivity index (χ4n) is 11.5. The minimum absolute atomic E-state index is 0.156. The minimum atomic E-state index is -0.156. The third-order valence-corrected chi connectivity index (χ3v) is 20.5. The number of nitrogens with zero attached hydrogens (tertiary/aromatic N) is 6. The van der Waals surface area contributed by atoms with Crippen LogP contribution in [0.4, 0.5) is 0 Å². The number of amides is 4. The van der Waals surface area contributed by atoms with Gasteiger partial charge in [0.25, 0.3) is 23.6 Å². The number of fused-ring (bicyclic) bond motifs is 2. The molecule has 402 valence electrons. The number of nitriles is 2. The first-order valence-electron chi connectivity index (χ1n) is 28.4. The average molecular weight is 1100 g/mol. The Morgan fingerprint density at radius 2 is 0.605 bits per heavy atom. The molecule has 8 heterocycles. The van der Waals surface area contributed by atoms with Crippen LogP contribution in [0.25, 0.3) is 32.5 Å². The molecule has 0 aromatic carbocycles. The number of thiophene rings is 4. The molecule has 0 bridgehead atoms. The highest BCUT2D eigenvalue weighted by molar-refractivity contribution is 7.23. The Balaban J connectivity index is 1.26. The Bertz CT molecular complexity index is 2820. The number of unbranched alkanes of at least 4 members (excludes halogenated alkanes) is 4. The van der Waals surface area contributed by atoms with Crippen molar-refractivity contribution in [2.24, 2.45) is 23.7 Å². The van der Waals surface area contributed by atoms with Crippen LogP contribution in [0.3, 0.4) is 0 Å². The van der Waals surface area contributed by atoms with Crippen molar-refractivity contribution in [1.29, 1.82) is 10.5 Å². The van der Waals surface area contributed by atoms with Crippen molar-refractivity contribution in [1.82, 2.24) is 19.6 Å². The topological polar surface area (TPSA) is 129 Å². The summed E-state index contributed by atoms with van der Waals surface area (Å²) in [5.74, 6) is 0.363. The molecule has 76 heavy (non-hydrogen) atoms. The number of carbonyl (C=O) groups is 4. The number of hydrogen-bond acceptors (Lipinski definition) is 10. The van der Waals surface area contributed by atoms with E-state index in [9.17, 15) is 10.5 Å². The molecule has 4 aromatic heterocycles. The normalized spacial score (nSPS) is 17.3. The Morgan fingerprint density at radius 3 is 0.829 bits per heavy atom. The van der Waals surface area contributed by atoms with E-state index >= 15 is 19.2 Å². The van der Waals surface area contributed by atoms with Gasteiger partial charge in [0, 0.05) is 35.9 Å². The second-order valence-electron chi connectivity index (χ2n) is 21.1. The zero-order chi connectivity index (χ0) is 54.2. The quantitative estimate of drug-likeness (QED) is 0.0532. The van der Waals surface area contributed by atoms with E-state index in [1.807, 2.05) is 31.7 Å². The van der Waals surface area contributed by atoms with Gasteiger partial charge in [-0.25, -0.2) is 0 Å². The molecule has 4 unspecified atom stereocenters. The molecule has 0 radical (unpaired) electrons. The van der Waals surface area contributed by atoms with Crippen molar-refractivity contribution in [3.05, 3.63) is 100 Å². The molecule has 0 spiro atoms. The number of carbonyl (C=O) groups excluding carboxylic acids is 4. The lowest BCUT2D eigenvalue weighted by Gasteiger charge is -2.29. The zero-order valence-corrected chi connectivity index (χ0v) is 49.3. The van der Waals surface area contributed by atoms with Gasteiger partial charge in [0.1, 0.15) is 21.9 Å². The summed E-state index contributed by atoms with van der Waals surface area (Å²) < 4.78 is 0. The predicted molar refractivity (Wildman–Crippen MR) is 313 cm³/mol. The van der Waals surface area contributed by atoms with Crippen LogP contribution in [-0.2, 0) is 19.2 Å². The summed E-state index contributed by atoms with van der Waals surface area (Å²) in [4.78, 5) is 74.9. The highest BCUT2D eigenvalue weighted by atomic mass is 32.1. The van der Waals surface area contributed by atoms with E-state index in [1.54, 1.807) is 34.8 Å². The van der Waals surface area contributed by atoms with E-state index in [-0.39, 0.29) is 47.3 Å². The van der Waals surface area contributed by atoms with E-state index in [2.05, 4.69) is 91.8 Å². The van der Waals surface area contributed by atoms with Crippen molar-refractivity contribution in [3.63, 3.8) is 0 Å². The minimum Gasteiger partial charge on any atom is -0.306 e. The maximum absolute atomic E-state index is 15.3. The third kappa shape index (κ3) is 11.3. The van der Waals surface area contributed by atoms with Gasteiger partial charge in [-0.1, -0.05) is 132 Å². The smallest absolute Gasteiger partial charge is 0.261 e. The van der Waals surface area contributed by atoms with E-state index < -0.39 is 0 Å². The van der Waals surface area contributed by atoms with Crippen molar-refractivity contribution >= 4 is 91.8 Å². The molecule has 4 aliphatic heterocycles. The first-order valence-corrected chi connectivity index (χ1v) is 31.7. The lowest BCUT2D eigenvalue weighted by molar-refractivity contribution is -0.124. The Hall–Kier alpha value is -5.38. The van der Waals surface area contributed by atoms with Gasteiger partial charge in [-0.3, -0.25) is 19.2 Å². The second-order valence-corrected chi connectivity index (χ2v) is 25.4. The summed E-state index contributed by atoms with van der Waals surface area (Å²) in [6, 6.07) is 20.2. The predicted octanol–water partition coefficient (Wildman–Crippen LogP) is 15.8. The maximum atomic E-state index is 15.3. The summed E-state index contributed by atoms with van der Waals surface area (Å²) in [7, 11) is 0. The van der Waals surface area contributed by atoms with Crippen molar-refractivity contribution in [3.8, 4) is 21.9 Å². The molecule has 0 saturated heterocycles. The van der Waals surface area contributed by atoms with Crippen LogP contribution >= 0.6 is 45.3 Å². The Labute approximate surface area is 468 Å². The molecule has 4 aliphatic rings. The van der Waals surface area contributed by atoms with Gasteiger partial charge in [0.15, 0.2) is 0 Å². The van der Waals surface area contributed by atoms with Gasteiger partial charge in [0.2, 0.25) is 0 Å². The summed E-state index contributed by atoms with van der Waals surface area (Å²) in [6.07, 6.45) is 16.0. The van der Waals surface area contributed by atoms with Crippen LogP contribution in [0, 0.1) is 46.3 Å². The van der Waals surface area contributed by atoms with E-state index in [0.29, 0.717) is 81.0 Å². The summed E-state index contributed by atoms with van der Waals surface area (Å²) in [5.41, 5.74) is 4.39. The van der Waals surface area contributed by atoms with Crippen LogP contribution < -0.4 is 0 Å². The largest absolute Gasteiger partial charge is 0.306 e. The molecule has 8 rings (SSSR count). The van der Waals surface area contributed by atoms with Gasteiger partial charge in [-0.2, -0.15) is 10.5 Å². The number of rotatable bonds is 29. The van der Waals surface area contributed by atoms with Gasteiger partial charge >= 0.3 is 0 Å². The molecule has 14 heteroatoms. The molecule has 0 saturated carbocycles. The first-order chi connectivity index (χ1) is 36.9. The van der Waals surface area contributed by atoms with E-state index in [4.69, 9.17) is 0 Å². The zero-order valence-electron chi connectivity index (χ0n) is 46.0. The molecule has 4 amide bonds. The average Bonchev–Trinajstić information content (AvgIpc) is 4.35. The maximum Gasteiger partial charge on any atom is 0.261 e. The fraction of sp³-hybridized carbons (Fsp3) is 0.516. The standard InChI is InChI=1S/C62H76N6O4S4/c1-9-17-21-39(13-5)35-65-55(47-27-25-43(33-63)73-47)51-53(61(65)71)57(67(59(51)69)37-41(15-7)23-19-11-3)49-31-29-45(75-49)46-30-32-50(76-46)58-54-52(60(70)68(58)38-42(16-8)24-20-12-4)56(48-28-26-44(34-64)74-48)66(62(54)72)36-40(14-6)22-18-10-2/h25-32,39-42H,9-24,35-38H2,1-8H3. The molecule has 4 atom stereocenters. The highest BCUT2D eigenvalue weighted by Gasteiger charge is 2.52. The molecule has 0 N–H and O–H groups in total. The van der Waals surface area contributed by atoms with Gasteiger partial charge in [-0.15, -0.1) is 45.3 Å². The number of hydrogen-bond donors (Lipinski definition) is 0. The van der Waals surface area contributed by atoms with Gasteiger partial charge in [-0.05, 0) is 97.9 Å². The molecule has 0 aliphatic carbocycles. The molecule has 4 aromatic rings. The summed E-state index contributed by atoms with van der Waals surface area (Å²) >= 11 is 5.80.